The van der Waals surface area contributed by atoms with E-state index in [0.717, 1.165) is 37.0 Å². The summed E-state index contributed by atoms with van der Waals surface area (Å²) in [6.07, 6.45) is 1.53. The van der Waals surface area contributed by atoms with Gasteiger partial charge in [-0.25, -0.2) is 9.97 Å². The Bertz CT molecular complexity index is 1050. The molecular formula is C22H21N5O3S. The molecule has 0 aliphatic carbocycles. The summed E-state index contributed by atoms with van der Waals surface area (Å²) in [6.45, 7) is 3.54. The molecule has 2 aromatic carbocycles. The lowest BCUT2D eigenvalue weighted by Gasteiger charge is -2.36. The minimum absolute atomic E-state index is 0.0305. The Morgan fingerprint density at radius 1 is 0.968 bits per heavy atom. The Balaban J connectivity index is 1.33. The van der Waals surface area contributed by atoms with Crippen molar-refractivity contribution in [1.82, 2.24) is 9.97 Å². The summed E-state index contributed by atoms with van der Waals surface area (Å²) in [4.78, 5) is 35.9. The van der Waals surface area contributed by atoms with Crippen molar-refractivity contribution in [3.05, 3.63) is 82.7 Å². The Morgan fingerprint density at radius 3 is 2.32 bits per heavy atom. The molecular weight excluding hydrogens is 414 g/mol. The number of hydrogen-bond acceptors (Lipinski definition) is 8. The standard InChI is InChI=1S/C22H21N5O3S/c28-20(17-6-8-19(9-7-17)27(29)30)15-31-22-14-21(23-16-24-22)26-12-10-25(11-13-26)18-4-2-1-3-5-18/h1-9,14,16H,10-13,15H2. The minimum Gasteiger partial charge on any atom is -0.368 e. The van der Waals surface area contributed by atoms with Crippen LogP contribution >= 0.6 is 11.8 Å². The van der Waals surface area contributed by atoms with Gasteiger partial charge in [0, 0.05) is 55.6 Å². The third-order valence-electron chi connectivity index (χ3n) is 5.10. The lowest BCUT2D eigenvalue weighted by atomic mass is 10.1. The molecule has 0 radical (unpaired) electrons. The van der Waals surface area contributed by atoms with Crippen LogP contribution in [0.5, 0.6) is 0 Å². The monoisotopic (exact) mass is 435 g/mol. The molecule has 9 heteroatoms. The maximum atomic E-state index is 12.4. The van der Waals surface area contributed by atoms with E-state index in [2.05, 4.69) is 31.9 Å². The second-order valence-corrected chi connectivity index (χ2v) is 8.04. The SMILES string of the molecule is O=C(CSc1cc(N2CCN(c3ccccc3)CC2)ncn1)c1ccc([N+](=O)[O-])cc1. The molecule has 0 spiro atoms. The summed E-state index contributed by atoms with van der Waals surface area (Å²) in [5.74, 6) is 0.959. The molecule has 0 N–H and O–H groups in total. The molecule has 4 rings (SSSR count). The zero-order valence-electron chi connectivity index (χ0n) is 16.8. The van der Waals surface area contributed by atoms with Crippen LogP contribution in [0, 0.1) is 10.1 Å². The first-order chi connectivity index (χ1) is 15.1. The van der Waals surface area contributed by atoms with Crippen LogP contribution in [-0.2, 0) is 0 Å². The van der Waals surface area contributed by atoms with E-state index in [1.165, 1.54) is 48.0 Å². The molecule has 1 aliphatic rings. The van der Waals surface area contributed by atoms with Crippen molar-refractivity contribution >= 4 is 34.7 Å². The first kappa shape index (κ1) is 20.8. The van der Waals surface area contributed by atoms with Crippen LogP contribution in [0.2, 0.25) is 0 Å². The highest BCUT2D eigenvalue weighted by Crippen LogP contribution is 2.23. The van der Waals surface area contributed by atoms with Crippen LogP contribution in [0.1, 0.15) is 10.4 Å². The summed E-state index contributed by atoms with van der Waals surface area (Å²) >= 11 is 1.34. The highest BCUT2D eigenvalue weighted by atomic mass is 32.2. The number of para-hydroxylation sites is 1. The number of nitro groups is 1. The molecule has 1 aliphatic heterocycles. The second-order valence-electron chi connectivity index (χ2n) is 7.04. The summed E-state index contributed by atoms with van der Waals surface area (Å²) in [7, 11) is 0. The third-order valence-corrected chi connectivity index (χ3v) is 6.03. The van der Waals surface area contributed by atoms with Gasteiger partial charge in [0.2, 0.25) is 0 Å². The van der Waals surface area contributed by atoms with Gasteiger partial charge < -0.3 is 9.80 Å². The van der Waals surface area contributed by atoms with Gasteiger partial charge in [0.15, 0.2) is 5.78 Å². The molecule has 3 aromatic rings. The fourth-order valence-electron chi connectivity index (χ4n) is 3.41. The van der Waals surface area contributed by atoms with Crippen LogP contribution < -0.4 is 9.80 Å². The minimum atomic E-state index is -0.481. The molecule has 0 saturated carbocycles. The number of carbonyl (C=O) groups is 1. The van der Waals surface area contributed by atoms with Crippen molar-refractivity contribution in [2.75, 3.05) is 41.7 Å². The third kappa shape index (κ3) is 5.18. The van der Waals surface area contributed by atoms with Crippen molar-refractivity contribution < 1.29 is 9.72 Å². The summed E-state index contributed by atoms with van der Waals surface area (Å²) in [5, 5.41) is 11.5. The molecule has 1 fully saturated rings. The van der Waals surface area contributed by atoms with Gasteiger partial charge in [-0.3, -0.25) is 14.9 Å². The number of nitrogens with zero attached hydrogens (tertiary/aromatic N) is 5. The predicted octanol–water partition coefficient (Wildman–Crippen LogP) is 3.69. The van der Waals surface area contributed by atoms with Crippen molar-refractivity contribution in [2.24, 2.45) is 0 Å². The van der Waals surface area contributed by atoms with Crippen molar-refractivity contribution in [2.45, 2.75) is 5.03 Å². The first-order valence-corrected chi connectivity index (χ1v) is 10.9. The average molecular weight is 436 g/mol. The highest BCUT2D eigenvalue weighted by molar-refractivity contribution is 7.99. The summed E-state index contributed by atoms with van der Waals surface area (Å²) in [6, 6.07) is 17.9. The molecule has 1 saturated heterocycles. The largest absolute Gasteiger partial charge is 0.368 e. The topological polar surface area (TPSA) is 92.5 Å². The van der Waals surface area contributed by atoms with E-state index in [1.807, 2.05) is 24.3 Å². The number of aromatic nitrogens is 2. The number of benzene rings is 2. The predicted molar refractivity (Wildman–Crippen MR) is 121 cm³/mol. The van der Waals surface area contributed by atoms with E-state index in [9.17, 15) is 14.9 Å². The van der Waals surface area contributed by atoms with E-state index >= 15 is 0 Å². The molecule has 0 unspecified atom stereocenters. The number of anilines is 2. The molecule has 0 amide bonds. The lowest BCUT2D eigenvalue weighted by molar-refractivity contribution is -0.384. The smallest absolute Gasteiger partial charge is 0.269 e. The highest BCUT2D eigenvalue weighted by Gasteiger charge is 2.19. The van der Waals surface area contributed by atoms with Gasteiger partial charge >= 0.3 is 0 Å². The number of hydrogen-bond donors (Lipinski definition) is 0. The van der Waals surface area contributed by atoms with Crippen molar-refractivity contribution in [3.63, 3.8) is 0 Å². The van der Waals surface area contributed by atoms with Gasteiger partial charge in [-0.05, 0) is 24.3 Å². The average Bonchev–Trinajstić information content (AvgIpc) is 2.83. The Morgan fingerprint density at radius 2 is 1.65 bits per heavy atom. The molecule has 8 nitrogen and oxygen atoms in total. The Hall–Kier alpha value is -3.46. The molecule has 0 atom stereocenters. The van der Waals surface area contributed by atoms with Gasteiger partial charge in [0.05, 0.1) is 10.7 Å². The first-order valence-electron chi connectivity index (χ1n) is 9.87. The maximum Gasteiger partial charge on any atom is 0.269 e. The zero-order valence-corrected chi connectivity index (χ0v) is 17.6. The van der Waals surface area contributed by atoms with Gasteiger partial charge in [-0.1, -0.05) is 30.0 Å². The number of piperazine rings is 1. The van der Waals surface area contributed by atoms with Crippen LogP contribution in [0.25, 0.3) is 0 Å². The molecule has 2 heterocycles. The zero-order chi connectivity index (χ0) is 21.6. The van der Waals surface area contributed by atoms with E-state index in [-0.39, 0.29) is 17.2 Å². The summed E-state index contributed by atoms with van der Waals surface area (Å²) in [5.41, 5.74) is 1.65. The fraction of sp³-hybridized carbons (Fsp3) is 0.227. The van der Waals surface area contributed by atoms with Gasteiger partial charge in [0.25, 0.3) is 5.69 Å². The van der Waals surface area contributed by atoms with Gasteiger partial charge in [-0.15, -0.1) is 0 Å². The number of carbonyl (C=O) groups excluding carboxylic acids is 1. The number of non-ortho nitro benzene ring substituents is 1. The van der Waals surface area contributed by atoms with E-state index in [4.69, 9.17) is 0 Å². The molecule has 31 heavy (non-hydrogen) atoms. The molecule has 1 aromatic heterocycles. The van der Waals surface area contributed by atoms with Crippen molar-refractivity contribution in [3.8, 4) is 0 Å². The Kier molecular flexibility index (Phi) is 6.42. The lowest BCUT2D eigenvalue weighted by Crippen LogP contribution is -2.46. The fourth-order valence-corrected chi connectivity index (χ4v) is 4.16. The number of thioether (sulfide) groups is 1. The Labute approximate surface area is 184 Å². The van der Waals surface area contributed by atoms with Gasteiger partial charge in [-0.2, -0.15) is 0 Å². The normalized spacial score (nSPS) is 13.8. The van der Waals surface area contributed by atoms with Gasteiger partial charge in [0.1, 0.15) is 17.2 Å². The number of nitro benzene ring substituents is 1. The molecule has 158 valence electrons. The van der Waals surface area contributed by atoms with Crippen molar-refractivity contribution in [1.29, 1.82) is 0 Å². The van der Waals surface area contributed by atoms with E-state index in [0.29, 0.717) is 5.56 Å². The number of rotatable bonds is 7. The number of ketones is 1. The second kappa shape index (κ2) is 9.57. The number of Topliss-reactive ketones (excluding diaryl/α,β-unsaturated/α-hetero) is 1. The van der Waals surface area contributed by atoms with E-state index < -0.39 is 4.92 Å². The van der Waals surface area contributed by atoms with Crippen LogP contribution in [-0.4, -0.2) is 52.6 Å². The summed E-state index contributed by atoms with van der Waals surface area (Å²) < 4.78 is 0. The quantitative estimate of drug-likeness (QED) is 0.182. The molecule has 0 bridgehead atoms. The van der Waals surface area contributed by atoms with Crippen LogP contribution in [0.15, 0.2) is 72.0 Å². The van der Waals surface area contributed by atoms with Crippen LogP contribution in [0.4, 0.5) is 17.2 Å². The van der Waals surface area contributed by atoms with Crippen LogP contribution in [0.3, 0.4) is 0 Å². The van der Waals surface area contributed by atoms with E-state index in [1.54, 1.807) is 0 Å². The maximum absolute atomic E-state index is 12.4.